The molecule has 1 heterocycles. The number of ether oxygens (including phenoxy) is 1. The predicted molar refractivity (Wildman–Crippen MR) is 117 cm³/mol. The van der Waals surface area contributed by atoms with E-state index in [1.807, 2.05) is 0 Å². The molecule has 1 atom stereocenters. The predicted octanol–water partition coefficient (Wildman–Crippen LogP) is 4.68. The summed E-state index contributed by atoms with van der Waals surface area (Å²) in [6.45, 7) is 0. The lowest BCUT2D eigenvalue weighted by molar-refractivity contribution is -0.132. The summed E-state index contributed by atoms with van der Waals surface area (Å²) in [6, 6.07) is 18.7. The molecule has 1 aliphatic rings. The van der Waals surface area contributed by atoms with Gasteiger partial charge in [0.25, 0.3) is 11.7 Å². The maximum absolute atomic E-state index is 13.1. The molecule has 1 aliphatic heterocycles. The fourth-order valence-electron chi connectivity index (χ4n) is 3.66. The van der Waals surface area contributed by atoms with Crippen LogP contribution in [0.3, 0.4) is 0 Å². The minimum Gasteiger partial charge on any atom is -0.507 e. The lowest BCUT2D eigenvalue weighted by Crippen LogP contribution is -2.29. The maximum atomic E-state index is 13.1. The zero-order chi connectivity index (χ0) is 22.1. The Morgan fingerprint density at radius 3 is 2.35 bits per heavy atom. The van der Waals surface area contributed by atoms with E-state index >= 15 is 0 Å². The van der Waals surface area contributed by atoms with Crippen LogP contribution in [0.25, 0.3) is 5.76 Å². The molecule has 0 spiro atoms. The number of nitrogens with zero attached hydrogens (tertiary/aromatic N) is 1. The van der Waals surface area contributed by atoms with Crippen molar-refractivity contribution in [3.63, 3.8) is 0 Å². The van der Waals surface area contributed by atoms with Crippen molar-refractivity contribution in [1.29, 1.82) is 0 Å². The Hall–Kier alpha value is -3.77. The van der Waals surface area contributed by atoms with Crippen LogP contribution < -0.4 is 9.64 Å². The quantitative estimate of drug-likeness (QED) is 0.353. The number of aromatic hydroxyl groups is 1. The molecule has 156 valence electrons. The molecule has 0 radical (unpaired) electrons. The van der Waals surface area contributed by atoms with Crippen molar-refractivity contribution in [2.45, 2.75) is 6.04 Å². The second-order valence-corrected chi connectivity index (χ2v) is 7.33. The molecule has 0 aromatic heterocycles. The molecule has 6 nitrogen and oxygen atoms in total. The number of carbonyl (C=O) groups is 2. The molecular weight excluding hydrogens is 418 g/mol. The number of phenolic OH excluding ortho intramolecular Hbond substituents is 1. The summed E-state index contributed by atoms with van der Waals surface area (Å²) in [4.78, 5) is 27.3. The van der Waals surface area contributed by atoms with Crippen LogP contribution in [0.2, 0.25) is 5.02 Å². The van der Waals surface area contributed by atoms with Crippen LogP contribution in [0.5, 0.6) is 11.5 Å². The number of hydrogen-bond acceptors (Lipinski definition) is 5. The fourth-order valence-corrected chi connectivity index (χ4v) is 3.86. The second-order valence-electron chi connectivity index (χ2n) is 6.92. The summed E-state index contributed by atoms with van der Waals surface area (Å²) < 4.78 is 5.20. The van der Waals surface area contributed by atoms with Crippen LogP contribution in [0.1, 0.15) is 17.2 Å². The largest absolute Gasteiger partial charge is 0.507 e. The Morgan fingerprint density at radius 1 is 1.00 bits per heavy atom. The number of halogens is 1. The molecule has 0 aliphatic carbocycles. The van der Waals surface area contributed by atoms with Gasteiger partial charge in [-0.2, -0.15) is 0 Å². The van der Waals surface area contributed by atoms with E-state index in [2.05, 4.69) is 0 Å². The van der Waals surface area contributed by atoms with Gasteiger partial charge in [0.15, 0.2) is 0 Å². The zero-order valence-electron chi connectivity index (χ0n) is 16.4. The van der Waals surface area contributed by atoms with Gasteiger partial charge in [0.2, 0.25) is 0 Å². The molecule has 0 saturated carbocycles. The summed E-state index contributed by atoms with van der Waals surface area (Å²) in [7, 11) is 1.44. The number of rotatable bonds is 4. The Morgan fingerprint density at radius 2 is 1.68 bits per heavy atom. The average molecular weight is 436 g/mol. The second kappa shape index (κ2) is 8.16. The minimum absolute atomic E-state index is 0.0937. The first-order valence-electron chi connectivity index (χ1n) is 9.42. The number of benzene rings is 3. The summed E-state index contributed by atoms with van der Waals surface area (Å²) in [6.07, 6.45) is 0. The summed E-state index contributed by atoms with van der Waals surface area (Å²) in [5.74, 6) is -1.91. The van der Waals surface area contributed by atoms with Gasteiger partial charge in [-0.1, -0.05) is 54.1 Å². The minimum atomic E-state index is -0.934. The molecule has 1 saturated heterocycles. The van der Waals surface area contributed by atoms with Gasteiger partial charge in [-0.15, -0.1) is 0 Å². The lowest BCUT2D eigenvalue weighted by Gasteiger charge is -2.26. The van der Waals surface area contributed by atoms with E-state index in [-0.39, 0.29) is 28.3 Å². The molecule has 3 aromatic carbocycles. The van der Waals surface area contributed by atoms with E-state index < -0.39 is 17.7 Å². The maximum Gasteiger partial charge on any atom is 0.300 e. The third kappa shape index (κ3) is 3.51. The van der Waals surface area contributed by atoms with Crippen LogP contribution in [0.15, 0.2) is 78.4 Å². The molecule has 1 fully saturated rings. The molecule has 3 aromatic rings. The van der Waals surface area contributed by atoms with Gasteiger partial charge in [-0.25, -0.2) is 0 Å². The van der Waals surface area contributed by atoms with Gasteiger partial charge in [-0.05, 0) is 35.9 Å². The number of phenols is 1. The Kier molecular flexibility index (Phi) is 5.40. The van der Waals surface area contributed by atoms with E-state index in [4.69, 9.17) is 16.3 Å². The first-order valence-corrected chi connectivity index (χ1v) is 9.79. The van der Waals surface area contributed by atoms with Crippen molar-refractivity contribution >= 4 is 34.7 Å². The summed E-state index contributed by atoms with van der Waals surface area (Å²) in [5, 5.41) is 21.8. The van der Waals surface area contributed by atoms with Gasteiger partial charge in [0.05, 0.1) is 29.4 Å². The third-order valence-corrected chi connectivity index (χ3v) is 5.44. The highest BCUT2D eigenvalue weighted by Gasteiger charge is 2.47. The summed E-state index contributed by atoms with van der Waals surface area (Å²) in [5.41, 5.74) is 0.958. The van der Waals surface area contributed by atoms with Gasteiger partial charge in [0, 0.05) is 5.56 Å². The van der Waals surface area contributed by atoms with Gasteiger partial charge in [-0.3, -0.25) is 14.5 Å². The smallest absolute Gasteiger partial charge is 0.300 e. The number of methoxy groups -OCH3 is 1. The van der Waals surface area contributed by atoms with E-state index in [1.54, 1.807) is 48.5 Å². The van der Waals surface area contributed by atoms with Crippen molar-refractivity contribution in [3.8, 4) is 11.5 Å². The summed E-state index contributed by atoms with van der Waals surface area (Å²) >= 11 is 6.08. The number of ketones is 1. The Balaban J connectivity index is 1.96. The molecule has 7 heteroatoms. The van der Waals surface area contributed by atoms with E-state index in [0.717, 1.165) is 0 Å². The number of hydrogen-bond donors (Lipinski definition) is 2. The Labute approximate surface area is 183 Å². The number of aliphatic hydroxyl groups is 1. The van der Waals surface area contributed by atoms with Crippen molar-refractivity contribution < 1.29 is 24.5 Å². The molecule has 1 unspecified atom stereocenters. The zero-order valence-corrected chi connectivity index (χ0v) is 17.2. The van der Waals surface area contributed by atoms with Crippen LogP contribution in [0.4, 0.5) is 5.69 Å². The number of para-hydroxylation sites is 2. The average Bonchev–Trinajstić information content (AvgIpc) is 3.05. The fraction of sp³-hybridized carbons (Fsp3) is 0.0833. The number of carbonyl (C=O) groups excluding carboxylic acids is 2. The van der Waals surface area contributed by atoms with Gasteiger partial charge in [0.1, 0.15) is 17.3 Å². The Bertz CT molecular complexity index is 1210. The van der Waals surface area contributed by atoms with Crippen molar-refractivity contribution in [2.75, 3.05) is 12.0 Å². The molecular formula is C24H18ClNO5. The standard InChI is InChI=1S/C24H18ClNO5/c1-31-19-13-15(11-12-16(19)25)22(28)20-21(14-7-3-2-4-8-14)26(24(30)23(20)29)17-9-5-6-10-18(17)27/h2-13,21,27-28H,1H3/b22-20-. The normalized spacial score (nSPS) is 17.7. The molecule has 0 bridgehead atoms. The third-order valence-electron chi connectivity index (χ3n) is 5.13. The van der Waals surface area contributed by atoms with E-state index in [0.29, 0.717) is 16.3 Å². The van der Waals surface area contributed by atoms with Gasteiger partial charge >= 0.3 is 0 Å². The SMILES string of the molecule is COc1cc(/C(O)=C2/C(=O)C(=O)N(c3ccccc3O)C2c2ccccc2)ccc1Cl. The van der Waals surface area contributed by atoms with Crippen molar-refractivity contribution in [2.24, 2.45) is 0 Å². The highest BCUT2D eigenvalue weighted by molar-refractivity contribution is 6.52. The first kappa shape index (κ1) is 20.5. The monoisotopic (exact) mass is 435 g/mol. The number of anilines is 1. The van der Waals surface area contributed by atoms with E-state index in [1.165, 1.54) is 36.3 Å². The van der Waals surface area contributed by atoms with Crippen LogP contribution in [-0.2, 0) is 9.59 Å². The van der Waals surface area contributed by atoms with E-state index in [9.17, 15) is 19.8 Å². The molecule has 2 N–H and O–H groups in total. The van der Waals surface area contributed by atoms with Crippen molar-refractivity contribution in [3.05, 3.63) is 94.5 Å². The highest BCUT2D eigenvalue weighted by Crippen LogP contribution is 2.44. The number of Topliss-reactive ketones (excluding diaryl/α,β-unsaturated/α-hetero) is 1. The van der Waals surface area contributed by atoms with Crippen LogP contribution in [-0.4, -0.2) is 29.0 Å². The first-order chi connectivity index (χ1) is 14.9. The molecule has 31 heavy (non-hydrogen) atoms. The van der Waals surface area contributed by atoms with Crippen LogP contribution >= 0.6 is 11.6 Å². The van der Waals surface area contributed by atoms with Crippen LogP contribution in [0, 0.1) is 0 Å². The lowest BCUT2D eigenvalue weighted by atomic mass is 9.95. The van der Waals surface area contributed by atoms with Gasteiger partial charge < -0.3 is 14.9 Å². The van der Waals surface area contributed by atoms with Crippen molar-refractivity contribution in [1.82, 2.24) is 0 Å². The number of amides is 1. The molecule has 4 rings (SSSR count). The highest BCUT2D eigenvalue weighted by atomic mass is 35.5. The number of aliphatic hydroxyl groups excluding tert-OH is 1. The molecule has 1 amide bonds. The topological polar surface area (TPSA) is 87.1 Å².